The molecule has 0 atom stereocenters. The number of nitrogens with zero attached hydrogens (tertiary/aromatic N) is 1. The van der Waals surface area contributed by atoms with Crippen LogP contribution in [-0.2, 0) is 11.3 Å². The Labute approximate surface area is 149 Å². The monoisotopic (exact) mass is 412 g/mol. The molecule has 0 bridgehead atoms. The minimum absolute atomic E-state index is 0.00894. The van der Waals surface area contributed by atoms with E-state index in [1.807, 2.05) is 0 Å². The van der Waals surface area contributed by atoms with Gasteiger partial charge in [-0.05, 0) is 41.1 Å². The van der Waals surface area contributed by atoms with Crippen molar-refractivity contribution < 1.29 is 4.79 Å². The summed E-state index contributed by atoms with van der Waals surface area (Å²) in [4.78, 5) is 20.5. The second-order valence-corrected chi connectivity index (χ2v) is 8.93. The van der Waals surface area contributed by atoms with E-state index in [9.17, 15) is 4.79 Å². The number of halogens is 1. The summed E-state index contributed by atoms with van der Waals surface area (Å²) in [6, 6.07) is 6.23. The summed E-state index contributed by atoms with van der Waals surface area (Å²) < 4.78 is 1.09. The lowest BCUT2D eigenvalue weighted by Gasteiger charge is -1.97. The van der Waals surface area contributed by atoms with Crippen LogP contribution in [0.4, 0.5) is 0 Å². The summed E-state index contributed by atoms with van der Waals surface area (Å²) in [5, 5.41) is 5.95. The van der Waals surface area contributed by atoms with E-state index in [0.29, 0.717) is 6.54 Å². The van der Waals surface area contributed by atoms with E-state index in [4.69, 9.17) is 4.98 Å². The molecule has 0 aliphatic heterocycles. The van der Waals surface area contributed by atoms with Gasteiger partial charge in [0.05, 0.1) is 22.0 Å². The van der Waals surface area contributed by atoms with Crippen LogP contribution < -0.4 is 5.32 Å². The molecule has 3 heterocycles. The Morgan fingerprint density at radius 3 is 2.82 bits per heavy atom. The Morgan fingerprint density at radius 1 is 1.32 bits per heavy atom. The minimum atomic E-state index is -0.00894. The molecule has 0 saturated carbocycles. The molecule has 3 aromatic heterocycles. The lowest BCUT2D eigenvalue weighted by Crippen LogP contribution is -2.17. The molecule has 0 aliphatic rings. The van der Waals surface area contributed by atoms with Gasteiger partial charge in [-0.3, -0.25) is 4.79 Å². The number of rotatable bonds is 4. The van der Waals surface area contributed by atoms with Crippen LogP contribution in [0.1, 0.15) is 16.7 Å². The van der Waals surface area contributed by atoms with Crippen LogP contribution in [0.3, 0.4) is 0 Å². The van der Waals surface area contributed by atoms with E-state index in [0.717, 1.165) is 24.9 Å². The number of carbonyl (C=O) groups excluding carboxylic acids is 1. The van der Waals surface area contributed by atoms with Crippen LogP contribution >= 0.6 is 49.9 Å². The fourth-order valence-corrected chi connectivity index (χ4v) is 5.44. The Morgan fingerprint density at radius 2 is 2.14 bits per heavy atom. The second-order valence-electron chi connectivity index (χ2n) is 4.73. The average Bonchev–Trinajstić information content (AvgIpc) is 3.15. The molecule has 0 spiro atoms. The summed E-state index contributed by atoms with van der Waals surface area (Å²) in [6.07, 6.45) is 0. The van der Waals surface area contributed by atoms with Crippen molar-refractivity contribution in [3.05, 3.63) is 37.8 Å². The SMILES string of the molecule is CC(=O)NCc1ccc(-c2nc(-c3cc(Br)cs3)sc2C)s1. The zero-order valence-corrected chi connectivity index (χ0v) is 16.0. The van der Waals surface area contributed by atoms with Gasteiger partial charge in [0.25, 0.3) is 0 Å². The Balaban J connectivity index is 1.86. The standard InChI is InChI=1S/C15H13BrN2OS3/c1-8-14(12-4-3-11(22-12)6-17-9(2)19)18-15(21-8)13-5-10(16)7-20-13/h3-5,7H,6H2,1-2H3,(H,17,19). The highest BCUT2D eigenvalue weighted by Crippen LogP contribution is 2.39. The first kappa shape index (κ1) is 15.9. The maximum absolute atomic E-state index is 11.0. The Bertz CT molecular complexity index is 818. The summed E-state index contributed by atoms with van der Waals surface area (Å²) in [6.45, 7) is 4.21. The van der Waals surface area contributed by atoms with E-state index in [2.05, 4.69) is 51.7 Å². The fraction of sp³-hybridized carbons (Fsp3) is 0.200. The highest BCUT2D eigenvalue weighted by Gasteiger charge is 2.14. The molecule has 7 heteroatoms. The predicted octanol–water partition coefficient (Wildman–Crippen LogP) is 5.31. The number of thiophene rings is 2. The summed E-state index contributed by atoms with van der Waals surface area (Å²) in [5.74, 6) is -0.00894. The number of aromatic nitrogens is 1. The van der Waals surface area contributed by atoms with E-state index >= 15 is 0 Å². The zero-order chi connectivity index (χ0) is 15.7. The molecular weight excluding hydrogens is 400 g/mol. The maximum Gasteiger partial charge on any atom is 0.217 e. The largest absolute Gasteiger partial charge is 0.351 e. The molecule has 114 valence electrons. The van der Waals surface area contributed by atoms with Gasteiger partial charge in [0.15, 0.2) is 0 Å². The topological polar surface area (TPSA) is 42.0 Å². The third-order valence-corrected chi connectivity index (χ3v) is 6.90. The molecule has 1 N–H and O–H groups in total. The van der Waals surface area contributed by atoms with Crippen LogP contribution in [0.25, 0.3) is 20.5 Å². The number of hydrogen-bond acceptors (Lipinski definition) is 5. The van der Waals surface area contributed by atoms with Crippen molar-refractivity contribution in [2.24, 2.45) is 0 Å². The third kappa shape index (κ3) is 3.48. The smallest absolute Gasteiger partial charge is 0.217 e. The first-order valence-electron chi connectivity index (χ1n) is 6.58. The fourth-order valence-electron chi connectivity index (χ4n) is 1.97. The van der Waals surface area contributed by atoms with Crippen LogP contribution in [0.5, 0.6) is 0 Å². The molecular formula is C15H13BrN2OS3. The van der Waals surface area contributed by atoms with E-state index in [-0.39, 0.29) is 5.91 Å². The molecule has 3 nitrogen and oxygen atoms in total. The number of nitrogens with one attached hydrogen (secondary N) is 1. The van der Waals surface area contributed by atoms with Gasteiger partial charge in [0.1, 0.15) is 5.01 Å². The first-order chi connectivity index (χ1) is 10.5. The molecule has 0 unspecified atom stereocenters. The van der Waals surface area contributed by atoms with E-state index in [1.54, 1.807) is 34.0 Å². The average molecular weight is 413 g/mol. The quantitative estimate of drug-likeness (QED) is 0.630. The normalized spacial score (nSPS) is 10.9. The van der Waals surface area contributed by atoms with E-state index in [1.165, 1.54) is 16.7 Å². The van der Waals surface area contributed by atoms with Gasteiger partial charge in [-0.25, -0.2) is 4.98 Å². The molecule has 3 rings (SSSR count). The molecule has 3 aromatic rings. The molecule has 0 aliphatic carbocycles. The minimum Gasteiger partial charge on any atom is -0.351 e. The second kappa shape index (κ2) is 6.62. The number of carbonyl (C=O) groups is 1. The van der Waals surface area contributed by atoms with Crippen molar-refractivity contribution in [1.82, 2.24) is 10.3 Å². The van der Waals surface area contributed by atoms with Crippen molar-refractivity contribution in [3.8, 4) is 20.5 Å². The van der Waals surface area contributed by atoms with Gasteiger partial charge in [-0.2, -0.15) is 0 Å². The zero-order valence-electron chi connectivity index (χ0n) is 12.0. The lowest BCUT2D eigenvalue weighted by molar-refractivity contribution is -0.119. The van der Waals surface area contributed by atoms with Crippen LogP contribution in [0.15, 0.2) is 28.1 Å². The summed E-state index contributed by atoms with van der Waals surface area (Å²) >= 11 is 8.58. The summed E-state index contributed by atoms with van der Waals surface area (Å²) in [5.41, 5.74) is 1.04. The van der Waals surface area contributed by atoms with Gasteiger partial charge in [0, 0.05) is 26.5 Å². The third-order valence-electron chi connectivity index (χ3n) is 2.98. The molecule has 0 saturated heterocycles. The predicted molar refractivity (Wildman–Crippen MR) is 98.7 cm³/mol. The van der Waals surface area contributed by atoms with Crippen molar-refractivity contribution >= 4 is 55.8 Å². The van der Waals surface area contributed by atoms with Crippen LogP contribution in [0, 0.1) is 6.92 Å². The molecule has 22 heavy (non-hydrogen) atoms. The highest BCUT2D eigenvalue weighted by atomic mass is 79.9. The van der Waals surface area contributed by atoms with Crippen molar-refractivity contribution in [1.29, 1.82) is 0 Å². The molecule has 0 fully saturated rings. The Kier molecular flexibility index (Phi) is 4.77. The van der Waals surface area contributed by atoms with Gasteiger partial charge >= 0.3 is 0 Å². The van der Waals surface area contributed by atoms with Gasteiger partial charge < -0.3 is 5.32 Å². The number of amides is 1. The van der Waals surface area contributed by atoms with Crippen molar-refractivity contribution in [3.63, 3.8) is 0 Å². The first-order valence-corrected chi connectivity index (χ1v) is 9.89. The molecule has 0 radical (unpaired) electrons. The Hall–Kier alpha value is -1.02. The van der Waals surface area contributed by atoms with Gasteiger partial charge in [-0.1, -0.05) is 0 Å². The summed E-state index contributed by atoms with van der Waals surface area (Å²) in [7, 11) is 0. The van der Waals surface area contributed by atoms with Crippen molar-refractivity contribution in [2.75, 3.05) is 0 Å². The highest BCUT2D eigenvalue weighted by molar-refractivity contribution is 9.10. The molecule has 0 aromatic carbocycles. The van der Waals surface area contributed by atoms with Crippen molar-refractivity contribution in [2.45, 2.75) is 20.4 Å². The number of thiazole rings is 1. The van der Waals surface area contributed by atoms with Gasteiger partial charge in [0.2, 0.25) is 5.91 Å². The van der Waals surface area contributed by atoms with Crippen LogP contribution in [0.2, 0.25) is 0 Å². The van der Waals surface area contributed by atoms with E-state index < -0.39 is 0 Å². The van der Waals surface area contributed by atoms with Gasteiger partial charge in [-0.15, -0.1) is 34.0 Å². The number of aryl methyl sites for hydroxylation is 1. The maximum atomic E-state index is 11.0. The molecule has 1 amide bonds. The number of hydrogen-bond donors (Lipinski definition) is 1. The van der Waals surface area contributed by atoms with Crippen LogP contribution in [-0.4, -0.2) is 10.9 Å². The lowest BCUT2D eigenvalue weighted by atomic mass is 10.3.